The molecule has 1 N–H and O–H groups in total. The maximum atomic E-state index is 11.4. The first-order chi connectivity index (χ1) is 17.8. The zero-order chi connectivity index (χ0) is 25.7. The second-order valence-electron chi connectivity index (χ2n) is 11.3. The molecule has 5 nitrogen and oxygen atoms in total. The zero-order valence-electron chi connectivity index (χ0n) is 21.3. The first kappa shape index (κ1) is 24.7. The van der Waals surface area contributed by atoms with Crippen LogP contribution in [0.1, 0.15) is 61.4 Å². The van der Waals surface area contributed by atoms with Crippen LogP contribution in [0.3, 0.4) is 0 Å². The highest BCUT2D eigenvalue weighted by molar-refractivity contribution is 6.35. The smallest absolute Gasteiger partial charge is 0.335 e. The van der Waals surface area contributed by atoms with Crippen molar-refractivity contribution in [1.29, 1.82) is 0 Å². The van der Waals surface area contributed by atoms with Crippen molar-refractivity contribution in [3.63, 3.8) is 0 Å². The molecule has 0 aromatic heterocycles. The van der Waals surface area contributed by atoms with Crippen LogP contribution in [0.2, 0.25) is 5.02 Å². The van der Waals surface area contributed by atoms with Gasteiger partial charge in [0, 0.05) is 23.3 Å². The highest BCUT2D eigenvalue weighted by Gasteiger charge is 2.52. The quantitative estimate of drug-likeness (QED) is 0.309. The number of fused-ring (bicyclic) bond motifs is 1. The highest BCUT2D eigenvalue weighted by Crippen LogP contribution is 2.62. The number of aromatic carboxylic acids is 1. The molecule has 4 saturated carbocycles. The van der Waals surface area contributed by atoms with Gasteiger partial charge in [0.25, 0.3) is 0 Å². The Morgan fingerprint density at radius 1 is 1.03 bits per heavy atom. The molecule has 194 valence electrons. The molecule has 0 saturated heterocycles. The van der Waals surface area contributed by atoms with E-state index in [1.807, 2.05) is 31.2 Å². The average Bonchev–Trinajstić information content (AvgIpc) is 2.87. The molecule has 4 bridgehead atoms. The lowest BCUT2D eigenvalue weighted by Crippen LogP contribution is -2.48. The van der Waals surface area contributed by atoms with Crippen LogP contribution in [0.5, 0.6) is 5.75 Å². The van der Waals surface area contributed by atoms with Crippen molar-refractivity contribution < 1.29 is 24.1 Å². The van der Waals surface area contributed by atoms with Gasteiger partial charge in [0.05, 0.1) is 5.56 Å². The first-order valence-corrected chi connectivity index (χ1v) is 13.6. The number of hydrogen-bond donors (Lipinski definition) is 1. The number of benzene rings is 3. The zero-order valence-corrected chi connectivity index (χ0v) is 22.1. The van der Waals surface area contributed by atoms with Crippen LogP contribution < -0.4 is 4.74 Å². The molecule has 0 aliphatic heterocycles. The Labute approximate surface area is 222 Å². The lowest BCUT2D eigenvalue weighted by molar-refractivity contribution is -0.150. The van der Waals surface area contributed by atoms with Gasteiger partial charge in [-0.15, -0.1) is 0 Å². The fourth-order valence-electron chi connectivity index (χ4n) is 7.63. The molecule has 4 fully saturated rings. The molecule has 0 amide bonds. The molecule has 0 heterocycles. The van der Waals surface area contributed by atoms with Gasteiger partial charge in [-0.1, -0.05) is 29.8 Å². The summed E-state index contributed by atoms with van der Waals surface area (Å²) in [6.07, 6.45) is 7.38. The Morgan fingerprint density at radius 2 is 1.68 bits per heavy atom. The predicted molar refractivity (Wildman–Crippen MR) is 144 cm³/mol. The molecule has 7 rings (SSSR count). The summed E-state index contributed by atoms with van der Waals surface area (Å²) in [6.45, 7) is 1.98. The van der Waals surface area contributed by atoms with Gasteiger partial charge in [-0.3, -0.25) is 0 Å². The van der Waals surface area contributed by atoms with E-state index < -0.39 is 5.97 Å². The largest absolute Gasteiger partial charge is 0.478 e. The Hall–Kier alpha value is -2.60. The number of methoxy groups -OCH3 is 1. The molecule has 37 heavy (non-hydrogen) atoms. The molecule has 1 atom stereocenters. The summed E-state index contributed by atoms with van der Waals surface area (Å²) in [6, 6.07) is 15.3. The monoisotopic (exact) mass is 520 g/mol. The minimum Gasteiger partial charge on any atom is -0.478 e. The van der Waals surface area contributed by atoms with Crippen molar-refractivity contribution in [1.82, 2.24) is 0 Å². The summed E-state index contributed by atoms with van der Waals surface area (Å²) in [4.78, 5) is 11.4. The summed E-state index contributed by atoms with van der Waals surface area (Å²) < 4.78 is 17.3. The van der Waals surface area contributed by atoms with Gasteiger partial charge in [0.2, 0.25) is 0 Å². The van der Waals surface area contributed by atoms with E-state index >= 15 is 0 Å². The van der Waals surface area contributed by atoms with Crippen LogP contribution in [0.25, 0.3) is 21.9 Å². The van der Waals surface area contributed by atoms with Crippen LogP contribution in [0, 0.1) is 17.8 Å². The summed E-state index contributed by atoms with van der Waals surface area (Å²) in [5.41, 5.74) is 3.47. The SMILES string of the molecule is COC(C)OCOc1cc2ccc(Cl)c(-c3ccc(C(=O)O)cc3)c2cc1C12CC3CC(CC(C3)C1)C2. The number of carbonyl (C=O) groups is 1. The minimum absolute atomic E-state index is 0.109. The van der Waals surface area contributed by atoms with Crippen molar-refractivity contribution in [2.24, 2.45) is 17.8 Å². The van der Waals surface area contributed by atoms with E-state index in [4.69, 9.17) is 25.8 Å². The molecular weight excluding hydrogens is 488 g/mol. The lowest BCUT2D eigenvalue weighted by Gasteiger charge is -2.57. The summed E-state index contributed by atoms with van der Waals surface area (Å²) in [5.74, 6) is 2.32. The van der Waals surface area contributed by atoms with Gasteiger partial charge in [-0.2, -0.15) is 0 Å². The molecule has 6 heteroatoms. The van der Waals surface area contributed by atoms with E-state index in [9.17, 15) is 9.90 Å². The van der Waals surface area contributed by atoms with Crippen molar-refractivity contribution in [3.05, 3.63) is 64.7 Å². The maximum absolute atomic E-state index is 11.4. The van der Waals surface area contributed by atoms with E-state index in [1.54, 1.807) is 19.2 Å². The van der Waals surface area contributed by atoms with Crippen LogP contribution >= 0.6 is 11.6 Å². The Bertz CT molecular complexity index is 1300. The van der Waals surface area contributed by atoms with Crippen molar-refractivity contribution in [2.75, 3.05) is 13.9 Å². The van der Waals surface area contributed by atoms with E-state index in [0.717, 1.165) is 45.4 Å². The topological polar surface area (TPSA) is 65.0 Å². The van der Waals surface area contributed by atoms with E-state index in [-0.39, 0.29) is 24.1 Å². The second-order valence-corrected chi connectivity index (χ2v) is 11.7. The number of carboxylic acid groups (broad SMARTS) is 1. The lowest BCUT2D eigenvalue weighted by atomic mass is 9.48. The minimum atomic E-state index is -0.938. The normalized spacial score (nSPS) is 26.9. The van der Waals surface area contributed by atoms with Gasteiger partial charge < -0.3 is 19.3 Å². The Kier molecular flexibility index (Phi) is 6.42. The Balaban J connectivity index is 1.48. The number of hydrogen-bond acceptors (Lipinski definition) is 4. The van der Waals surface area contributed by atoms with Gasteiger partial charge >= 0.3 is 5.97 Å². The standard InChI is InChI=1S/C31H33ClO5/c1-18(35-2)36-17-37-28-12-24-7-8-27(32)29(22-3-5-23(6-4-22)30(33)34)25(24)13-26(28)31-14-19-9-20(15-31)11-21(10-19)16-31/h3-8,12-13,18-21H,9-11,14-17H2,1-2H3,(H,33,34). The van der Waals surface area contributed by atoms with Crippen molar-refractivity contribution in [2.45, 2.75) is 57.2 Å². The summed E-state index contributed by atoms with van der Waals surface area (Å²) >= 11 is 6.80. The number of ether oxygens (including phenoxy) is 3. The fraction of sp³-hybridized carbons (Fsp3) is 0.452. The van der Waals surface area contributed by atoms with Gasteiger partial charge in [0.1, 0.15) is 5.75 Å². The third-order valence-electron chi connectivity index (χ3n) is 8.95. The van der Waals surface area contributed by atoms with E-state index in [0.29, 0.717) is 5.02 Å². The maximum Gasteiger partial charge on any atom is 0.335 e. The van der Waals surface area contributed by atoms with Crippen LogP contribution in [-0.2, 0) is 14.9 Å². The van der Waals surface area contributed by atoms with Crippen LogP contribution in [-0.4, -0.2) is 31.3 Å². The number of halogens is 1. The molecule has 0 spiro atoms. The summed E-state index contributed by atoms with van der Waals surface area (Å²) in [5, 5.41) is 12.1. The molecular formula is C31H33ClO5. The highest BCUT2D eigenvalue weighted by atomic mass is 35.5. The van der Waals surface area contributed by atoms with Crippen molar-refractivity contribution in [3.8, 4) is 16.9 Å². The molecule has 3 aromatic rings. The van der Waals surface area contributed by atoms with Crippen LogP contribution in [0.15, 0.2) is 48.5 Å². The third kappa shape index (κ3) is 4.52. The second kappa shape index (κ2) is 9.61. The first-order valence-electron chi connectivity index (χ1n) is 13.2. The van der Waals surface area contributed by atoms with Gasteiger partial charge in [-0.25, -0.2) is 4.79 Å². The third-order valence-corrected chi connectivity index (χ3v) is 9.26. The number of carboxylic acids is 1. The Morgan fingerprint density at radius 3 is 2.27 bits per heavy atom. The van der Waals surface area contributed by atoms with E-state index in [2.05, 4.69) is 12.1 Å². The van der Waals surface area contributed by atoms with Crippen molar-refractivity contribution >= 4 is 28.3 Å². The molecule has 1 unspecified atom stereocenters. The summed E-state index contributed by atoms with van der Waals surface area (Å²) in [7, 11) is 1.62. The fourth-order valence-corrected chi connectivity index (χ4v) is 7.91. The predicted octanol–water partition coefficient (Wildman–Crippen LogP) is 7.67. The average molecular weight is 521 g/mol. The molecule has 4 aliphatic carbocycles. The molecule has 0 radical (unpaired) electrons. The molecule has 4 aliphatic rings. The van der Waals surface area contributed by atoms with Gasteiger partial charge in [-0.05, 0) is 115 Å². The molecule has 3 aromatic carbocycles. The van der Waals surface area contributed by atoms with E-state index in [1.165, 1.54) is 44.1 Å². The van der Waals surface area contributed by atoms with Gasteiger partial charge in [0.15, 0.2) is 13.1 Å². The number of rotatable bonds is 8. The van der Waals surface area contributed by atoms with Crippen LogP contribution in [0.4, 0.5) is 0 Å².